The number of amides is 1. The van der Waals surface area contributed by atoms with E-state index in [1.54, 1.807) is 31.3 Å². The van der Waals surface area contributed by atoms with Gasteiger partial charge in [0.05, 0.1) is 25.6 Å². The lowest BCUT2D eigenvalue weighted by atomic mass is 10.2. The third-order valence-corrected chi connectivity index (χ3v) is 5.46. The second-order valence-electron chi connectivity index (χ2n) is 6.60. The third-order valence-electron chi connectivity index (χ3n) is 4.32. The Kier molecular flexibility index (Phi) is 6.36. The predicted octanol–water partition coefficient (Wildman–Crippen LogP) is 2.17. The SMILES string of the molecule is COc1cccc(N(CC(=O)N(C)Cc2nc(-c3ccccc3)no2)S(C)(=O)=O)c1. The Morgan fingerprint density at radius 2 is 1.87 bits per heavy atom. The zero-order chi connectivity index (χ0) is 21.7. The Hall–Kier alpha value is -3.40. The Morgan fingerprint density at radius 3 is 2.53 bits per heavy atom. The molecule has 2 aromatic carbocycles. The van der Waals surface area contributed by atoms with Crippen LogP contribution in [0.25, 0.3) is 11.4 Å². The molecule has 3 rings (SSSR count). The molecule has 0 spiro atoms. The van der Waals surface area contributed by atoms with Crippen LogP contribution in [0.15, 0.2) is 59.1 Å². The lowest BCUT2D eigenvalue weighted by molar-refractivity contribution is -0.129. The minimum absolute atomic E-state index is 0.0500. The Labute approximate surface area is 174 Å². The van der Waals surface area contributed by atoms with Gasteiger partial charge >= 0.3 is 0 Å². The van der Waals surface area contributed by atoms with Gasteiger partial charge in [0.25, 0.3) is 0 Å². The van der Waals surface area contributed by atoms with Crippen LogP contribution >= 0.6 is 0 Å². The molecule has 0 saturated heterocycles. The van der Waals surface area contributed by atoms with Gasteiger partial charge in [0.15, 0.2) is 0 Å². The number of carbonyl (C=O) groups excluding carboxylic acids is 1. The molecule has 0 bridgehead atoms. The molecule has 0 atom stereocenters. The van der Waals surface area contributed by atoms with Crippen molar-refractivity contribution in [3.63, 3.8) is 0 Å². The predicted molar refractivity (Wildman–Crippen MR) is 111 cm³/mol. The van der Waals surface area contributed by atoms with Gasteiger partial charge in [0.2, 0.25) is 27.6 Å². The maximum absolute atomic E-state index is 12.7. The van der Waals surface area contributed by atoms with Crippen LogP contribution in [-0.4, -0.2) is 56.3 Å². The summed E-state index contributed by atoms with van der Waals surface area (Å²) < 4.78 is 36.0. The summed E-state index contributed by atoms with van der Waals surface area (Å²) in [6, 6.07) is 15.8. The van der Waals surface area contributed by atoms with Crippen molar-refractivity contribution in [3.8, 4) is 17.1 Å². The number of benzene rings is 2. The summed E-state index contributed by atoms with van der Waals surface area (Å²) in [6.07, 6.45) is 1.05. The molecular formula is C20H22N4O5S. The Morgan fingerprint density at radius 1 is 1.13 bits per heavy atom. The van der Waals surface area contributed by atoms with Gasteiger partial charge in [0.1, 0.15) is 12.3 Å². The quantitative estimate of drug-likeness (QED) is 0.539. The minimum Gasteiger partial charge on any atom is -0.497 e. The summed E-state index contributed by atoms with van der Waals surface area (Å²) in [6.45, 7) is -0.323. The summed E-state index contributed by atoms with van der Waals surface area (Å²) >= 11 is 0. The van der Waals surface area contributed by atoms with Crippen molar-refractivity contribution in [2.45, 2.75) is 6.54 Å². The van der Waals surface area contributed by atoms with Gasteiger partial charge in [-0.25, -0.2) is 8.42 Å². The molecule has 1 aromatic heterocycles. The van der Waals surface area contributed by atoms with Crippen molar-refractivity contribution < 1.29 is 22.5 Å². The number of nitrogens with zero attached hydrogens (tertiary/aromatic N) is 4. The second-order valence-corrected chi connectivity index (χ2v) is 8.51. The Balaban J connectivity index is 1.72. The molecule has 30 heavy (non-hydrogen) atoms. The normalized spacial score (nSPS) is 11.2. The smallest absolute Gasteiger partial charge is 0.246 e. The van der Waals surface area contributed by atoms with Crippen molar-refractivity contribution in [1.82, 2.24) is 15.0 Å². The monoisotopic (exact) mass is 430 g/mol. The van der Waals surface area contributed by atoms with E-state index in [2.05, 4.69) is 10.1 Å². The number of aromatic nitrogens is 2. The summed E-state index contributed by atoms with van der Waals surface area (Å²) in [5.74, 6) is 0.724. The highest BCUT2D eigenvalue weighted by atomic mass is 32.2. The van der Waals surface area contributed by atoms with Crippen LogP contribution in [0.4, 0.5) is 5.69 Å². The number of likely N-dealkylation sites (N-methyl/N-ethyl adjacent to an activating group) is 1. The van der Waals surface area contributed by atoms with Crippen LogP contribution in [-0.2, 0) is 21.4 Å². The fourth-order valence-corrected chi connectivity index (χ4v) is 3.57. The van der Waals surface area contributed by atoms with Crippen LogP contribution < -0.4 is 9.04 Å². The first kappa shape index (κ1) is 21.3. The molecule has 0 aliphatic rings. The molecule has 1 heterocycles. The molecule has 0 aliphatic carbocycles. The molecule has 1 amide bonds. The van der Waals surface area contributed by atoms with Crippen LogP contribution in [0.3, 0.4) is 0 Å². The largest absolute Gasteiger partial charge is 0.497 e. The molecule has 0 radical (unpaired) electrons. The number of rotatable bonds is 8. The molecule has 0 fully saturated rings. The van der Waals surface area contributed by atoms with Crippen molar-refractivity contribution in [2.24, 2.45) is 0 Å². The van der Waals surface area contributed by atoms with Gasteiger partial charge < -0.3 is 14.2 Å². The molecule has 9 nitrogen and oxygen atoms in total. The summed E-state index contributed by atoms with van der Waals surface area (Å²) in [4.78, 5) is 18.3. The molecule has 3 aromatic rings. The molecule has 10 heteroatoms. The highest BCUT2D eigenvalue weighted by Gasteiger charge is 2.24. The Bertz CT molecular complexity index is 1110. The highest BCUT2D eigenvalue weighted by Crippen LogP contribution is 2.23. The van der Waals surface area contributed by atoms with Gasteiger partial charge in [-0.15, -0.1) is 0 Å². The van der Waals surface area contributed by atoms with Gasteiger partial charge in [-0.05, 0) is 12.1 Å². The standard InChI is InChI=1S/C20H22N4O5S/c1-23(13-18-21-20(22-29-18)15-8-5-4-6-9-15)19(25)14-24(30(3,26)27)16-10-7-11-17(12-16)28-2/h4-12H,13-14H2,1-3H3. The first-order valence-corrected chi connectivity index (χ1v) is 10.9. The van der Waals surface area contributed by atoms with E-state index < -0.39 is 15.9 Å². The van der Waals surface area contributed by atoms with E-state index in [0.29, 0.717) is 17.3 Å². The van der Waals surface area contributed by atoms with Crippen LogP contribution in [0.5, 0.6) is 5.75 Å². The van der Waals surface area contributed by atoms with Crippen LogP contribution in [0, 0.1) is 0 Å². The third kappa shape index (κ3) is 5.15. The van der Waals surface area contributed by atoms with E-state index in [1.807, 2.05) is 30.3 Å². The fraction of sp³-hybridized carbons (Fsp3) is 0.250. The first-order chi connectivity index (χ1) is 14.3. The van der Waals surface area contributed by atoms with E-state index in [1.165, 1.54) is 12.0 Å². The maximum atomic E-state index is 12.7. The van der Waals surface area contributed by atoms with Gasteiger partial charge in [0, 0.05) is 18.7 Å². The van der Waals surface area contributed by atoms with Gasteiger partial charge in [-0.2, -0.15) is 4.98 Å². The van der Waals surface area contributed by atoms with E-state index in [9.17, 15) is 13.2 Å². The van der Waals surface area contributed by atoms with Gasteiger partial charge in [-0.3, -0.25) is 9.10 Å². The average Bonchev–Trinajstić information content (AvgIpc) is 3.20. The van der Waals surface area contributed by atoms with E-state index in [-0.39, 0.29) is 19.0 Å². The minimum atomic E-state index is -3.70. The topological polar surface area (TPSA) is 106 Å². The number of carbonyl (C=O) groups is 1. The molecule has 0 unspecified atom stereocenters. The zero-order valence-corrected chi connectivity index (χ0v) is 17.7. The summed E-state index contributed by atoms with van der Waals surface area (Å²) in [5, 5.41) is 3.92. The number of methoxy groups -OCH3 is 1. The number of ether oxygens (including phenoxy) is 1. The van der Waals surface area contributed by atoms with Gasteiger partial charge in [-0.1, -0.05) is 41.6 Å². The van der Waals surface area contributed by atoms with Crippen LogP contribution in [0.2, 0.25) is 0 Å². The second kappa shape index (κ2) is 8.95. The number of hydrogen-bond acceptors (Lipinski definition) is 7. The van der Waals surface area contributed by atoms with E-state index >= 15 is 0 Å². The van der Waals surface area contributed by atoms with Crippen molar-refractivity contribution in [2.75, 3.05) is 31.3 Å². The number of sulfonamides is 1. The average molecular weight is 430 g/mol. The van der Waals surface area contributed by atoms with Crippen molar-refractivity contribution in [3.05, 3.63) is 60.5 Å². The molecule has 0 saturated carbocycles. The molecule has 158 valence electrons. The number of anilines is 1. The van der Waals surface area contributed by atoms with Crippen LogP contribution in [0.1, 0.15) is 5.89 Å². The van der Waals surface area contributed by atoms with E-state index in [0.717, 1.165) is 16.1 Å². The van der Waals surface area contributed by atoms with Crippen molar-refractivity contribution >= 4 is 21.6 Å². The number of hydrogen-bond donors (Lipinski definition) is 0. The lowest BCUT2D eigenvalue weighted by Crippen LogP contribution is -2.41. The summed E-state index contributed by atoms with van der Waals surface area (Å²) in [7, 11) is -0.672. The summed E-state index contributed by atoms with van der Waals surface area (Å²) in [5.41, 5.74) is 1.13. The zero-order valence-electron chi connectivity index (χ0n) is 16.8. The molecule has 0 N–H and O–H groups in total. The molecular weight excluding hydrogens is 408 g/mol. The van der Waals surface area contributed by atoms with Crippen molar-refractivity contribution in [1.29, 1.82) is 0 Å². The first-order valence-electron chi connectivity index (χ1n) is 9.01. The maximum Gasteiger partial charge on any atom is 0.246 e. The van der Waals surface area contributed by atoms with E-state index in [4.69, 9.17) is 9.26 Å². The highest BCUT2D eigenvalue weighted by molar-refractivity contribution is 7.92. The lowest BCUT2D eigenvalue weighted by Gasteiger charge is -2.24. The molecule has 0 aliphatic heterocycles. The fourth-order valence-electron chi connectivity index (χ4n) is 2.72.